The molecule has 148 valence electrons. The Morgan fingerprint density at radius 2 is 2.08 bits per heavy atom. The van der Waals surface area contributed by atoms with Gasteiger partial charge in [-0.25, -0.2) is 4.39 Å². The fourth-order valence-corrected chi connectivity index (χ4v) is 5.21. The van der Waals surface area contributed by atoms with Crippen LogP contribution in [-0.4, -0.2) is 54.1 Å². The van der Waals surface area contributed by atoms with Crippen molar-refractivity contribution < 1.29 is 14.6 Å². The lowest BCUT2D eigenvalue weighted by Gasteiger charge is -2.43. The summed E-state index contributed by atoms with van der Waals surface area (Å²) in [5.41, 5.74) is 5.77. The maximum atomic E-state index is 13.8. The summed E-state index contributed by atoms with van der Waals surface area (Å²) in [7, 11) is 0. The van der Waals surface area contributed by atoms with E-state index >= 15 is 0 Å². The summed E-state index contributed by atoms with van der Waals surface area (Å²) in [5.74, 6) is 0.973. The van der Waals surface area contributed by atoms with E-state index in [9.17, 15) is 14.6 Å². The van der Waals surface area contributed by atoms with Crippen LogP contribution in [0.1, 0.15) is 39.0 Å². The molecule has 8 atom stereocenters. The van der Waals surface area contributed by atoms with Crippen molar-refractivity contribution in [2.75, 3.05) is 13.1 Å². The van der Waals surface area contributed by atoms with Crippen LogP contribution in [0.25, 0.3) is 0 Å². The number of rotatable bonds is 5. The average Bonchev–Trinajstić information content (AvgIpc) is 2.64. The van der Waals surface area contributed by atoms with Crippen LogP contribution in [0.5, 0.6) is 0 Å². The Morgan fingerprint density at radius 1 is 1.27 bits per heavy atom. The molecule has 26 heavy (non-hydrogen) atoms. The zero-order valence-corrected chi connectivity index (χ0v) is 15.7. The summed E-state index contributed by atoms with van der Waals surface area (Å²) in [5, 5.41) is 22.7. The van der Waals surface area contributed by atoms with Crippen molar-refractivity contribution in [3.05, 3.63) is 12.2 Å². The quantitative estimate of drug-likeness (QED) is 0.439. The second-order valence-electron chi connectivity index (χ2n) is 8.43. The van der Waals surface area contributed by atoms with Gasteiger partial charge in [0.1, 0.15) is 6.17 Å². The minimum atomic E-state index is -1.39. The molecule has 5 nitrogen and oxygen atoms in total. The molecule has 0 aromatic carbocycles. The van der Waals surface area contributed by atoms with Gasteiger partial charge in [0.05, 0.1) is 6.04 Å². The Bertz CT molecular complexity index is 513. The summed E-state index contributed by atoms with van der Waals surface area (Å²) in [6.45, 7) is 3.11. The third-order valence-corrected chi connectivity index (χ3v) is 6.77. The third kappa shape index (κ3) is 4.35. The van der Waals surface area contributed by atoms with Crippen LogP contribution in [-0.2, 0) is 0 Å². The molecule has 2 aliphatic heterocycles. The van der Waals surface area contributed by atoms with E-state index in [1.165, 1.54) is 0 Å². The predicted octanol–water partition coefficient (Wildman–Crippen LogP) is 1.64. The van der Waals surface area contributed by atoms with Crippen molar-refractivity contribution in [2.24, 2.45) is 40.3 Å². The lowest BCUT2D eigenvalue weighted by atomic mass is 9.68. The maximum absolute atomic E-state index is 13.8. The number of nitrogens with two attached hydrogens (primary N) is 1. The summed E-state index contributed by atoms with van der Waals surface area (Å²) in [4.78, 5) is 4.85. The van der Waals surface area contributed by atoms with E-state index in [-0.39, 0.29) is 30.5 Å². The molecule has 1 fully saturated rings. The van der Waals surface area contributed by atoms with Gasteiger partial charge in [-0.15, -0.1) is 0 Å². The molecule has 8 unspecified atom stereocenters. The summed E-state index contributed by atoms with van der Waals surface area (Å²) < 4.78 is 13.8. The molecular formula is C20H34FN3O2. The second kappa shape index (κ2) is 8.91. The molecule has 0 aromatic rings. The molecule has 0 bridgehead atoms. The van der Waals surface area contributed by atoms with Gasteiger partial charge in [0.25, 0.3) is 0 Å². The Hall–Kier alpha value is -0.820. The zero-order chi connectivity index (χ0) is 18.7. The van der Waals surface area contributed by atoms with Crippen LogP contribution in [0.2, 0.25) is 0 Å². The van der Waals surface area contributed by atoms with Crippen molar-refractivity contribution in [3.8, 4) is 0 Å². The van der Waals surface area contributed by atoms with E-state index < -0.39 is 12.5 Å². The number of hydrogen-bond acceptors (Lipinski definition) is 5. The first-order valence-electron chi connectivity index (χ1n) is 10.1. The summed E-state index contributed by atoms with van der Waals surface area (Å²) >= 11 is 0. The topological polar surface area (TPSA) is 90.9 Å². The number of alkyl halides is 1. The molecule has 6 heteroatoms. The van der Waals surface area contributed by atoms with Crippen LogP contribution in [0.15, 0.2) is 17.1 Å². The van der Waals surface area contributed by atoms with E-state index in [1.807, 2.05) is 19.2 Å². The molecule has 5 N–H and O–H groups in total. The average molecular weight is 368 g/mol. The van der Waals surface area contributed by atoms with E-state index in [0.29, 0.717) is 17.8 Å². The highest BCUT2D eigenvalue weighted by Crippen LogP contribution is 2.41. The van der Waals surface area contributed by atoms with Crippen LogP contribution < -0.4 is 11.1 Å². The van der Waals surface area contributed by atoms with Crippen molar-refractivity contribution in [2.45, 2.75) is 63.6 Å². The minimum absolute atomic E-state index is 0.0290. The number of allylic oxidation sites excluding steroid dienone is 1. The molecule has 2 heterocycles. The minimum Gasteiger partial charge on any atom is -0.368 e. The van der Waals surface area contributed by atoms with Crippen molar-refractivity contribution in [1.82, 2.24) is 5.32 Å². The maximum Gasteiger partial charge on any atom is 0.156 e. The van der Waals surface area contributed by atoms with E-state index in [4.69, 9.17) is 10.7 Å². The molecule has 0 radical (unpaired) electrons. The molecule has 0 saturated carbocycles. The monoisotopic (exact) mass is 367 g/mol. The van der Waals surface area contributed by atoms with Gasteiger partial charge in [-0.1, -0.05) is 19.1 Å². The Morgan fingerprint density at radius 3 is 2.77 bits per heavy atom. The number of piperidine rings is 1. The van der Waals surface area contributed by atoms with Crippen molar-refractivity contribution in [3.63, 3.8) is 0 Å². The smallest absolute Gasteiger partial charge is 0.156 e. The number of hydrogen-bond donors (Lipinski definition) is 4. The standard InChI is InChI=1S/C20H34FN3O2/c1-12-9-14(4-5-17(12)21)19-15(3-2-7-24-19)13-6-8-23-18(10-13)16(11-22)20(25)26/h4-5,7,12-20,23,25-26H,2-3,6,8-11,22H2,1H3. The van der Waals surface area contributed by atoms with Crippen LogP contribution in [0.4, 0.5) is 4.39 Å². The van der Waals surface area contributed by atoms with Gasteiger partial charge in [0.15, 0.2) is 6.29 Å². The third-order valence-electron chi connectivity index (χ3n) is 6.77. The van der Waals surface area contributed by atoms with Crippen LogP contribution >= 0.6 is 0 Å². The Balaban J connectivity index is 1.72. The van der Waals surface area contributed by atoms with Gasteiger partial charge in [-0.05, 0) is 68.5 Å². The normalized spacial score (nSPS) is 42.2. The number of aliphatic hydroxyl groups is 2. The molecular weight excluding hydrogens is 333 g/mol. The predicted molar refractivity (Wildman–Crippen MR) is 102 cm³/mol. The lowest BCUT2D eigenvalue weighted by Crippen LogP contribution is -2.52. The summed E-state index contributed by atoms with van der Waals surface area (Å²) in [6.07, 6.45) is 8.51. The zero-order valence-electron chi connectivity index (χ0n) is 15.7. The highest BCUT2D eigenvalue weighted by molar-refractivity contribution is 5.58. The van der Waals surface area contributed by atoms with Gasteiger partial charge in [0, 0.05) is 18.5 Å². The first-order valence-corrected chi connectivity index (χ1v) is 10.1. The van der Waals surface area contributed by atoms with Gasteiger partial charge < -0.3 is 21.3 Å². The van der Waals surface area contributed by atoms with Crippen LogP contribution in [0.3, 0.4) is 0 Å². The fraction of sp³-hybridized carbons (Fsp3) is 0.850. The lowest BCUT2D eigenvalue weighted by molar-refractivity contribution is -0.0954. The van der Waals surface area contributed by atoms with Crippen molar-refractivity contribution in [1.29, 1.82) is 0 Å². The van der Waals surface area contributed by atoms with Gasteiger partial charge in [-0.2, -0.15) is 0 Å². The molecule has 0 amide bonds. The first kappa shape index (κ1) is 19.9. The molecule has 3 aliphatic rings. The number of nitrogens with one attached hydrogen (secondary N) is 1. The second-order valence-corrected chi connectivity index (χ2v) is 8.43. The largest absolute Gasteiger partial charge is 0.368 e. The molecule has 0 aromatic heterocycles. The van der Waals surface area contributed by atoms with Crippen molar-refractivity contribution >= 4 is 6.21 Å². The Labute approximate surface area is 156 Å². The molecule has 0 spiro atoms. The van der Waals surface area contributed by atoms with Crippen LogP contribution in [0, 0.1) is 29.6 Å². The van der Waals surface area contributed by atoms with Gasteiger partial charge in [0.2, 0.25) is 0 Å². The first-order chi connectivity index (χ1) is 12.5. The highest BCUT2D eigenvalue weighted by Gasteiger charge is 2.40. The van der Waals surface area contributed by atoms with Gasteiger partial charge >= 0.3 is 0 Å². The molecule has 1 saturated heterocycles. The molecule has 1 aliphatic carbocycles. The number of nitrogens with zero attached hydrogens (tertiary/aromatic N) is 1. The highest BCUT2D eigenvalue weighted by atomic mass is 19.1. The fourth-order valence-electron chi connectivity index (χ4n) is 5.21. The number of halogens is 1. The number of aliphatic hydroxyl groups excluding tert-OH is 1. The summed E-state index contributed by atoms with van der Waals surface area (Å²) in [6, 6.07) is 0.246. The van der Waals surface area contributed by atoms with E-state index in [0.717, 1.165) is 38.6 Å². The van der Waals surface area contributed by atoms with Gasteiger partial charge in [-0.3, -0.25) is 4.99 Å². The SMILES string of the molecule is CC1CC(C2N=CCCC2C2CCNC(C(CN)C(O)O)C2)C=CC1F. The molecule has 3 rings (SSSR count). The van der Waals surface area contributed by atoms with E-state index in [2.05, 4.69) is 5.32 Å². The van der Waals surface area contributed by atoms with E-state index in [1.54, 1.807) is 6.08 Å². The Kier molecular flexibility index (Phi) is 6.83. The number of aliphatic imine (C=N–C) groups is 1.